The first-order valence-electron chi connectivity index (χ1n) is 9.55. The van der Waals surface area contributed by atoms with E-state index in [1.165, 1.54) is 10.4 Å². The van der Waals surface area contributed by atoms with Gasteiger partial charge in [-0.05, 0) is 42.7 Å². The summed E-state index contributed by atoms with van der Waals surface area (Å²) >= 11 is 1.56. The SMILES string of the molecule is CCc1cc(C(=O)NCc2cccc(OCCN3CCOCC3)c2)sc1C. The van der Waals surface area contributed by atoms with E-state index in [1.54, 1.807) is 11.3 Å². The third-order valence-electron chi connectivity index (χ3n) is 4.76. The van der Waals surface area contributed by atoms with Gasteiger partial charge < -0.3 is 14.8 Å². The molecule has 1 fully saturated rings. The minimum atomic E-state index is -0.0126. The Bertz CT molecular complexity index is 754. The Morgan fingerprint density at radius 2 is 2.11 bits per heavy atom. The van der Waals surface area contributed by atoms with Crippen LogP contribution in [-0.4, -0.2) is 50.3 Å². The van der Waals surface area contributed by atoms with Crippen molar-refractivity contribution in [3.05, 3.63) is 51.2 Å². The van der Waals surface area contributed by atoms with E-state index in [4.69, 9.17) is 9.47 Å². The second kappa shape index (κ2) is 9.88. The molecule has 2 heterocycles. The number of nitrogens with one attached hydrogen (secondary N) is 1. The average Bonchev–Trinajstić information content (AvgIpc) is 3.08. The molecule has 2 aromatic rings. The molecule has 1 saturated heterocycles. The molecule has 1 N–H and O–H groups in total. The van der Waals surface area contributed by atoms with E-state index < -0.39 is 0 Å². The van der Waals surface area contributed by atoms with Crippen LogP contribution in [0.4, 0.5) is 0 Å². The number of rotatable bonds is 8. The number of thiophene rings is 1. The lowest BCUT2D eigenvalue weighted by molar-refractivity contribution is 0.0322. The van der Waals surface area contributed by atoms with Crippen molar-refractivity contribution in [1.82, 2.24) is 10.2 Å². The standard InChI is InChI=1S/C21H28N2O3S/c1-3-18-14-20(27-16(18)2)21(24)22-15-17-5-4-6-19(13-17)26-12-9-23-7-10-25-11-8-23/h4-6,13-14H,3,7-12,15H2,1-2H3,(H,22,24). The molecule has 1 aromatic carbocycles. The highest BCUT2D eigenvalue weighted by molar-refractivity contribution is 7.14. The number of amides is 1. The molecule has 6 heteroatoms. The Kier molecular flexibility index (Phi) is 7.26. The Labute approximate surface area is 165 Å². The highest BCUT2D eigenvalue weighted by Crippen LogP contribution is 2.22. The fourth-order valence-electron chi connectivity index (χ4n) is 3.11. The molecular formula is C21H28N2O3S. The van der Waals surface area contributed by atoms with Crippen molar-refractivity contribution in [2.24, 2.45) is 0 Å². The van der Waals surface area contributed by atoms with Crippen molar-refractivity contribution in [2.45, 2.75) is 26.8 Å². The quantitative estimate of drug-likeness (QED) is 0.754. The van der Waals surface area contributed by atoms with Crippen molar-refractivity contribution in [2.75, 3.05) is 39.5 Å². The summed E-state index contributed by atoms with van der Waals surface area (Å²) in [6, 6.07) is 9.93. The van der Waals surface area contributed by atoms with Gasteiger partial charge >= 0.3 is 0 Å². The van der Waals surface area contributed by atoms with E-state index >= 15 is 0 Å². The second-order valence-corrected chi connectivity index (χ2v) is 7.93. The summed E-state index contributed by atoms with van der Waals surface area (Å²) in [5.41, 5.74) is 2.29. The van der Waals surface area contributed by atoms with E-state index in [9.17, 15) is 4.79 Å². The number of carbonyl (C=O) groups excluding carboxylic acids is 1. The van der Waals surface area contributed by atoms with E-state index in [2.05, 4.69) is 24.1 Å². The smallest absolute Gasteiger partial charge is 0.261 e. The molecule has 27 heavy (non-hydrogen) atoms. The van der Waals surface area contributed by atoms with Crippen molar-refractivity contribution in [1.29, 1.82) is 0 Å². The molecule has 3 rings (SSSR count). The van der Waals surface area contributed by atoms with Crippen LogP contribution in [0.15, 0.2) is 30.3 Å². The zero-order chi connectivity index (χ0) is 19.1. The molecule has 0 bridgehead atoms. The molecule has 146 valence electrons. The van der Waals surface area contributed by atoms with Gasteiger partial charge in [-0.2, -0.15) is 0 Å². The first kappa shape index (κ1) is 19.9. The number of hydrogen-bond acceptors (Lipinski definition) is 5. The monoisotopic (exact) mass is 388 g/mol. The zero-order valence-corrected chi connectivity index (χ0v) is 16.9. The number of nitrogens with zero attached hydrogens (tertiary/aromatic N) is 1. The maximum atomic E-state index is 12.4. The molecule has 1 aliphatic rings. The van der Waals surface area contributed by atoms with Gasteiger partial charge in [0.1, 0.15) is 12.4 Å². The van der Waals surface area contributed by atoms with Crippen LogP contribution in [0.2, 0.25) is 0 Å². The number of carbonyl (C=O) groups is 1. The van der Waals surface area contributed by atoms with Crippen LogP contribution in [0, 0.1) is 6.92 Å². The van der Waals surface area contributed by atoms with Gasteiger partial charge in [-0.15, -0.1) is 11.3 Å². The largest absolute Gasteiger partial charge is 0.492 e. The minimum Gasteiger partial charge on any atom is -0.492 e. The average molecular weight is 389 g/mol. The van der Waals surface area contributed by atoms with Crippen molar-refractivity contribution >= 4 is 17.2 Å². The molecule has 0 saturated carbocycles. The lowest BCUT2D eigenvalue weighted by Crippen LogP contribution is -2.38. The van der Waals surface area contributed by atoms with Crippen LogP contribution in [-0.2, 0) is 17.7 Å². The molecule has 0 unspecified atom stereocenters. The van der Waals surface area contributed by atoms with Crippen LogP contribution in [0.1, 0.15) is 32.6 Å². The van der Waals surface area contributed by atoms with E-state index in [0.29, 0.717) is 13.2 Å². The number of hydrogen-bond donors (Lipinski definition) is 1. The molecule has 1 aromatic heterocycles. The second-order valence-electron chi connectivity index (χ2n) is 6.68. The van der Waals surface area contributed by atoms with Crippen molar-refractivity contribution < 1.29 is 14.3 Å². The summed E-state index contributed by atoms with van der Waals surface area (Å²) in [6.45, 7) is 9.79. The third-order valence-corrected chi connectivity index (χ3v) is 5.85. The van der Waals surface area contributed by atoms with Gasteiger partial charge in [0.25, 0.3) is 5.91 Å². The highest BCUT2D eigenvalue weighted by atomic mass is 32.1. The van der Waals surface area contributed by atoms with Gasteiger partial charge in [0, 0.05) is 31.1 Å². The summed E-state index contributed by atoms with van der Waals surface area (Å²) in [6.07, 6.45) is 0.958. The van der Waals surface area contributed by atoms with E-state index in [-0.39, 0.29) is 5.91 Å². The van der Waals surface area contributed by atoms with Gasteiger partial charge in [0.2, 0.25) is 0 Å². The van der Waals surface area contributed by atoms with Crippen LogP contribution in [0.25, 0.3) is 0 Å². The van der Waals surface area contributed by atoms with E-state index in [0.717, 1.165) is 55.5 Å². The van der Waals surface area contributed by atoms with Crippen molar-refractivity contribution in [3.8, 4) is 5.75 Å². The van der Waals surface area contributed by atoms with Crippen LogP contribution in [0.3, 0.4) is 0 Å². The molecule has 1 aliphatic heterocycles. The molecule has 0 spiro atoms. The van der Waals surface area contributed by atoms with Crippen molar-refractivity contribution in [3.63, 3.8) is 0 Å². The zero-order valence-electron chi connectivity index (χ0n) is 16.1. The molecular weight excluding hydrogens is 360 g/mol. The van der Waals surface area contributed by atoms with Gasteiger partial charge in [0.05, 0.1) is 18.1 Å². The van der Waals surface area contributed by atoms with Crippen LogP contribution >= 0.6 is 11.3 Å². The van der Waals surface area contributed by atoms with E-state index in [1.807, 2.05) is 30.3 Å². The Balaban J connectivity index is 1.47. The molecule has 0 radical (unpaired) electrons. The fourth-order valence-corrected chi connectivity index (χ4v) is 4.15. The summed E-state index contributed by atoms with van der Waals surface area (Å²) < 4.78 is 11.2. The highest BCUT2D eigenvalue weighted by Gasteiger charge is 2.12. The van der Waals surface area contributed by atoms with Crippen LogP contribution < -0.4 is 10.1 Å². The predicted octanol–water partition coefficient (Wildman–Crippen LogP) is 3.26. The van der Waals surface area contributed by atoms with Gasteiger partial charge in [0.15, 0.2) is 0 Å². The van der Waals surface area contributed by atoms with Gasteiger partial charge in [-0.3, -0.25) is 9.69 Å². The fraction of sp³-hybridized carbons (Fsp3) is 0.476. The first-order valence-corrected chi connectivity index (χ1v) is 10.4. The summed E-state index contributed by atoms with van der Waals surface area (Å²) in [5, 5.41) is 3.01. The maximum Gasteiger partial charge on any atom is 0.261 e. The Hall–Kier alpha value is -1.89. The summed E-state index contributed by atoms with van der Waals surface area (Å²) in [5.74, 6) is 0.830. The third kappa shape index (κ3) is 5.79. The molecule has 1 amide bonds. The molecule has 0 aliphatic carbocycles. The first-order chi connectivity index (χ1) is 13.2. The molecule has 0 atom stereocenters. The minimum absolute atomic E-state index is 0.0126. The normalized spacial score (nSPS) is 14.9. The lowest BCUT2D eigenvalue weighted by atomic mass is 10.2. The predicted molar refractivity (Wildman–Crippen MR) is 109 cm³/mol. The number of ether oxygens (including phenoxy) is 2. The molecule has 5 nitrogen and oxygen atoms in total. The maximum absolute atomic E-state index is 12.4. The number of morpholine rings is 1. The summed E-state index contributed by atoms with van der Waals surface area (Å²) in [4.78, 5) is 16.7. The lowest BCUT2D eigenvalue weighted by Gasteiger charge is -2.26. The summed E-state index contributed by atoms with van der Waals surface area (Å²) in [7, 11) is 0. The topological polar surface area (TPSA) is 50.8 Å². The number of aryl methyl sites for hydroxylation is 2. The number of benzene rings is 1. The van der Waals surface area contributed by atoms with Gasteiger partial charge in [-0.25, -0.2) is 0 Å². The Morgan fingerprint density at radius 3 is 2.85 bits per heavy atom. The van der Waals surface area contributed by atoms with Crippen LogP contribution in [0.5, 0.6) is 5.75 Å². The Morgan fingerprint density at radius 1 is 1.30 bits per heavy atom. The van der Waals surface area contributed by atoms with Gasteiger partial charge in [-0.1, -0.05) is 19.1 Å².